The van der Waals surface area contributed by atoms with Crippen LogP contribution in [0.1, 0.15) is 0 Å². The third-order valence-corrected chi connectivity index (χ3v) is 0.987. The molecule has 0 fully saturated rings. The lowest BCUT2D eigenvalue weighted by atomic mass is 10.5. The number of hydrogen-bond donors (Lipinski definition) is 2. The minimum Gasteiger partial charge on any atom is -0.391 e. The molecular weight excluding hydrogens is 150 g/mol. The zero-order valence-electron chi connectivity index (χ0n) is 5.39. The average Bonchev–Trinajstić information content (AvgIpc) is 1.94. The molecule has 4 N–H and O–H groups in total. The predicted octanol–water partition coefficient (Wildman–Crippen LogP) is -0.451. The summed E-state index contributed by atoms with van der Waals surface area (Å²) >= 11 is 0. The molecule has 0 saturated carbocycles. The monoisotopic (exact) mass is 155 g/mol. The van der Waals surface area contributed by atoms with Gasteiger partial charge in [-0.05, 0) is 4.92 Å². The molecule has 0 saturated heterocycles. The number of rotatable bonds is 1. The quantitative estimate of drug-likeness (QED) is 0.418. The number of nitrogen functional groups attached to an aromatic ring is 2. The van der Waals surface area contributed by atoms with Crippen LogP contribution in [-0.4, -0.2) is 14.9 Å². The average molecular weight is 155 g/mol. The first-order valence-electron chi connectivity index (χ1n) is 2.63. The van der Waals surface area contributed by atoms with E-state index in [4.69, 9.17) is 11.5 Å². The molecule has 0 radical (unpaired) electrons. The number of anilines is 2. The van der Waals surface area contributed by atoms with Crippen LogP contribution in [0.3, 0.4) is 0 Å². The summed E-state index contributed by atoms with van der Waals surface area (Å²) in [5.41, 5.74) is 10.2. The van der Waals surface area contributed by atoms with Gasteiger partial charge in [0.05, 0.1) is 6.20 Å². The molecule has 1 aromatic rings. The minimum absolute atomic E-state index is 0.0933. The maximum atomic E-state index is 10.2. The Balaban J connectivity index is 3.23. The lowest BCUT2D eigenvalue weighted by molar-refractivity contribution is -0.388. The van der Waals surface area contributed by atoms with Crippen LogP contribution in [0, 0.1) is 10.1 Å². The van der Waals surface area contributed by atoms with Crippen LogP contribution in [0.25, 0.3) is 0 Å². The molecule has 7 heteroatoms. The van der Waals surface area contributed by atoms with Gasteiger partial charge in [0.15, 0.2) is 0 Å². The Bertz CT molecular complexity index is 299. The van der Waals surface area contributed by atoms with Gasteiger partial charge in [0.2, 0.25) is 0 Å². The third kappa shape index (κ3) is 1.31. The molecule has 11 heavy (non-hydrogen) atoms. The fraction of sp³-hybridized carbons (Fsp3) is 0. The highest BCUT2D eigenvalue weighted by Gasteiger charge is 2.13. The highest BCUT2D eigenvalue weighted by Crippen LogP contribution is 2.16. The van der Waals surface area contributed by atoms with E-state index >= 15 is 0 Å². The molecule has 58 valence electrons. The van der Waals surface area contributed by atoms with Gasteiger partial charge >= 0.3 is 11.8 Å². The van der Waals surface area contributed by atoms with E-state index in [1.807, 2.05) is 0 Å². The highest BCUT2D eigenvalue weighted by molar-refractivity contribution is 5.52. The molecule has 0 spiro atoms. The fourth-order valence-corrected chi connectivity index (χ4v) is 0.542. The normalized spacial score (nSPS) is 9.45. The van der Waals surface area contributed by atoms with E-state index in [1.165, 1.54) is 0 Å². The molecule has 0 unspecified atom stereocenters. The summed E-state index contributed by atoms with van der Waals surface area (Å²) in [6.45, 7) is 0. The highest BCUT2D eigenvalue weighted by atomic mass is 16.6. The van der Waals surface area contributed by atoms with Gasteiger partial charge < -0.3 is 21.6 Å². The Hall–Kier alpha value is -1.92. The molecule has 1 rings (SSSR count). The summed E-state index contributed by atoms with van der Waals surface area (Å²) in [6, 6.07) is 0. The molecule has 0 bridgehead atoms. The Morgan fingerprint density at radius 1 is 1.55 bits per heavy atom. The van der Waals surface area contributed by atoms with Crippen molar-refractivity contribution in [3.8, 4) is 0 Å². The topological polar surface area (TPSA) is 121 Å². The summed E-state index contributed by atoms with van der Waals surface area (Å²) < 4.78 is 0. The van der Waals surface area contributed by atoms with Crippen molar-refractivity contribution in [2.24, 2.45) is 0 Å². The van der Waals surface area contributed by atoms with Crippen molar-refractivity contribution in [3.05, 3.63) is 16.3 Å². The minimum atomic E-state index is -0.715. The second-order valence-electron chi connectivity index (χ2n) is 1.76. The lowest BCUT2D eigenvalue weighted by Crippen LogP contribution is -2.03. The Kier molecular flexibility index (Phi) is 1.55. The molecule has 0 aromatic carbocycles. The van der Waals surface area contributed by atoms with Crippen molar-refractivity contribution in [1.29, 1.82) is 0 Å². The largest absolute Gasteiger partial charge is 0.392 e. The van der Waals surface area contributed by atoms with Gasteiger partial charge in [0, 0.05) is 4.98 Å². The van der Waals surface area contributed by atoms with Gasteiger partial charge in [-0.1, -0.05) is 0 Å². The molecule has 1 heterocycles. The lowest BCUT2D eigenvalue weighted by Gasteiger charge is -1.94. The molecule has 0 atom stereocenters. The van der Waals surface area contributed by atoms with E-state index in [2.05, 4.69) is 9.97 Å². The summed E-state index contributed by atoms with van der Waals surface area (Å²) in [6.07, 6.45) is 1.10. The first kappa shape index (κ1) is 7.19. The van der Waals surface area contributed by atoms with Gasteiger partial charge in [0.25, 0.3) is 0 Å². The molecule has 0 amide bonds. The van der Waals surface area contributed by atoms with Gasteiger partial charge in [-0.25, -0.2) is 0 Å². The molecule has 0 aliphatic heterocycles. The van der Waals surface area contributed by atoms with Crippen LogP contribution >= 0.6 is 0 Å². The first-order valence-corrected chi connectivity index (χ1v) is 2.63. The maximum Gasteiger partial charge on any atom is 0.392 e. The zero-order valence-corrected chi connectivity index (χ0v) is 5.39. The predicted molar refractivity (Wildman–Crippen MR) is 37.5 cm³/mol. The van der Waals surface area contributed by atoms with Crippen molar-refractivity contribution in [3.63, 3.8) is 0 Å². The summed E-state index contributed by atoms with van der Waals surface area (Å²) in [4.78, 5) is 16.2. The zero-order chi connectivity index (χ0) is 8.43. The summed E-state index contributed by atoms with van der Waals surface area (Å²) in [5, 5.41) is 10.2. The second kappa shape index (κ2) is 2.37. The van der Waals surface area contributed by atoms with Crippen LogP contribution in [0.15, 0.2) is 6.20 Å². The molecule has 1 aromatic heterocycles. The Morgan fingerprint density at radius 3 is 2.64 bits per heavy atom. The van der Waals surface area contributed by atoms with Crippen LogP contribution in [0.2, 0.25) is 0 Å². The molecule has 0 aliphatic carbocycles. The van der Waals surface area contributed by atoms with E-state index in [1.54, 1.807) is 0 Å². The van der Waals surface area contributed by atoms with Crippen molar-refractivity contribution < 1.29 is 4.92 Å². The number of nitrogens with zero attached hydrogens (tertiary/aromatic N) is 3. The van der Waals surface area contributed by atoms with Crippen LogP contribution in [0.4, 0.5) is 17.5 Å². The van der Waals surface area contributed by atoms with E-state index in [0.29, 0.717) is 0 Å². The van der Waals surface area contributed by atoms with Gasteiger partial charge in [-0.15, -0.1) is 0 Å². The van der Waals surface area contributed by atoms with E-state index < -0.39 is 10.7 Å². The van der Waals surface area contributed by atoms with Crippen molar-refractivity contribution >= 4 is 17.5 Å². The summed E-state index contributed by atoms with van der Waals surface area (Å²) in [5.74, 6) is -0.622. The van der Waals surface area contributed by atoms with Crippen molar-refractivity contribution in [1.82, 2.24) is 9.97 Å². The number of nitro groups is 1. The first-order chi connectivity index (χ1) is 5.11. The molecular formula is C4H5N5O2. The Labute approximate surface area is 61.2 Å². The Morgan fingerprint density at radius 2 is 2.18 bits per heavy atom. The SMILES string of the molecule is Nc1ncc(N)c([N+](=O)[O-])n1. The maximum absolute atomic E-state index is 10.2. The van der Waals surface area contributed by atoms with E-state index in [-0.39, 0.29) is 11.6 Å². The van der Waals surface area contributed by atoms with Crippen LogP contribution < -0.4 is 11.5 Å². The van der Waals surface area contributed by atoms with Crippen LogP contribution in [0.5, 0.6) is 0 Å². The van der Waals surface area contributed by atoms with Crippen molar-refractivity contribution in [2.75, 3.05) is 11.5 Å². The smallest absolute Gasteiger partial charge is 0.391 e. The fourth-order valence-electron chi connectivity index (χ4n) is 0.542. The molecule has 7 nitrogen and oxygen atoms in total. The van der Waals surface area contributed by atoms with Crippen LogP contribution in [-0.2, 0) is 0 Å². The van der Waals surface area contributed by atoms with Gasteiger partial charge in [-0.3, -0.25) is 0 Å². The van der Waals surface area contributed by atoms with Gasteiger partial charge in [0.1, 0.15) is 5.69 Å². The third-order valence-electron chi connectivity index (χ3n) is 0.987. The summed E-state index contributed by atoms with van der Waals surface area (Å²) in [7, 11) is 0. The standard InChI is InChI=1S/C4H5N5O2/c5-2-1-7-4(6)8-3(2)9(10)11/h1H,5H2,(H2,6,7,8). The second-order valence-corrected chi connectivity index (χ2v) is 1.76. The van der Waals surface area contributed by atoms with E-state index in [9.17, 15) is 10.1 Å². The van der Waals surface area contributed by atoms with Gasteiger partial charge in [-0.2, -0.15) is 4.98 Å². The number of hydrogen-bond acceptors (Lipinski definition) is 6. The molecule has 0 aliphatic rings. The van der Waals surface area contributed by atoms with Crippen molar-refractivity contribution in [2.45, 2.75) is 0 Å². The number of aromatic nitrogens is 2. The van der Waals surface area contributed by atoms with E-state index in [0.717, 1.165) is 6.20 Å². The number of nitrogens with two attached hydrogens (primary N) is 2.